The topological polar surface area (TPSA) is 32.5 Å². The molecule has 2 saturated carbocycles. The highest BCUT2D eigenvalue weighted by atomic mass is 15.3. The molecule has 2 N–H and O–H groups in total. The van der Waals surface area contributed by atoms with Crippen molar-refractivity contribution < 1.29 is 0 Å². The van der Waals surface area contributed by atoms with Crippen LogP contribution < -0.4 is 5.73 Å². The smallest absolute Gasteiger partial charge is 0.0307 e. The first-order valence-electron chi connectivity index (χ1n) is 7.90. The third kappa shape index (κ3) is 2.59. The van der Waals surface area contributed by atoms with Crippen LogP contribution in [0.5, 0.6) is 0 Å². The summed E-state index contributed by atoms with van der Waals surface area (Å²) in [5, 5.41) is 0. The maximum Gasteiger partial charge on any atom is 0.0307 e. The second-order valence-corrected chi connectivity index (χ2v) is 6.96. The Morgan fingerprint density at radius 1 is 1.06 bits per heavy atom. The van der Waals surface area contributed by atoms with E-state index in [4.69, 9.17) is 5.73 Å². The lowest BCUT2D eigenvalue weighted by Gasteiger charge is -2.48. The maximum atomic E-state index is 6.12. The van der Waals surface area contributed by atoms with Gasteiger partial charge in [-0.15, -0.1) is 0 Å². The van der Waals surface area contributed by atoms with Crippen LogP contribution in [0.3, 0.4) is 0 Å². The summed E-state index contributed by atoms with van der Waals surface area (Å²) in [6.07, 6.45) is 8.54. The van der Waals surface area contributed by atoms with Gasteiger partial charge >= 0.3 is 0 Å². The van der Waals surface area contributed by atoms with Crippen molar-refractivity contribution in [2.75, 3.05) is 32.7 Å². The first-order valence-corrected chi connectivity index (χ1v) is 7.90. The summed E-state index contributed by atoms with van der Waals surface area (Å²) in [4.78, 5) is 5.38. The molecule has 1 saturated heterocycles. The van der Waals surface area contributed by atoms with E-state index in [-0.39, 0.29) is 5.54 Å². The van der Waals surface area contributed by atoms with E-state index < -0.39 is 0 Å². The second-order valence-electron chi connectivity index (χ2n) is 6.96. The molecule has 0 amide bonds. The fourth-order valence-electron chi connectivity index (χ4n) is 3.73. The predicted molar refractivity (Wildman–Crippen MR) is 75.6 cm³/mol. The number of nitrogens with two attached hydrogens (primary N) is 1. The zero-order chi connectivity index (χ0) is 12.6. The van der Waals surface area contributed by atoms with Gasteiger partial charge in [-0.1, -0.05) is 19.3 Å². The summed E-state index contributed by atoms with van der Waals surface area (Å²) in [7, 11) is 0. The van der Waals surface area contributed by atoms with Gasteiger partial charge in [0.15, 0.2) is 0 Å². The van der Waals surface area contributed by atoms with E-state index in [1.54, 1.807) is 0 Å². The number of nitrogens with zero attached hydrogens (tertiary/aromatic N) is 2. The molecule has 0 aromatic rings. The van der Waals surface area contributed by atoms with Gasteiger partial charge in [0.25, 0.3) is 0 Å². The molecule has 104 valence electrons. The Hall–Kier alpha value is -0.120. The molecular formula is C15H29N3. The summed E-state index contributed by atoms with van der Waals surface area (Å²) in [5.74, 6) is 0.958. The largest absolute Gasteiger partial charge is 0.329 e. The lowest BCUT2D eigenvalue weighted by atomic mass is 9.75. The van der Waals surface area contributed by atoms with E-state index in [1.807, 2.05) is 0 Å². The summed E-state index contributed by atoms with van der Waals surface area (Å²) in [6.45, 7) is 8.23. The van der Waals surface area contributed by atoms with Gasteiger partial charge in [0.1, 0.15) is 0 Å². The Balaban J connectivity index is 1.54. The molecule has 1 heterocycles. The standard InChI is InChI=1S/C15H29N3/c1-15(12-16,11-13-3-2-4-13)18-9-7-17(8-10-18)14-5-6-14/h13-14H,2-12,16H2,1H3. The molecular weight excluding hydrogens is 222 g/mol. The Bertz CT molecular complexity index is 277. The van der Waals surface area contributed by atoms with Crippen molar-refractivity contribution in [1.82, 2.24) is 9.80 Å². The summed E-state index contributed by atoms with van der Waals surface area (Å²) < 4.78 is 0. The van der Waals surface area contributed by atoms with Gasteiger partial charge < -0.3 is 5.73 Å². The van der Waals surface area contributed by atoms with E-state index in [2.05, 4.69) is 16.7 Å². The normalized spacial score (nSPS) is 31.0. The molecule has 2 aliphatic carbocycles. The average Bonchev–Trinajstić information content (AvgIpc) is 3.18. The van der Waals surface area contributed by atoms with Crippen molar-refractivity contribution >= 4 is 0 Å². The lowest BCUT2D eigenvalue weighted by molar-refractivity contribution is 0.0208. The molecule has 3 fully saturated rings. The molecule has 0 aromatic carbocycles. The van der Waals surface area contributed by atoms with Crippen molar-refractivity contribution in [3.8, 4) is 0 Å². The zero-order valence-electron chi connectivity index (χ0n) is 11.9. The molecule has 0 bridgehead atoms. The van der Waals surface area contributed by atoms with Crippen LogP contribution in [0.15, 0.2) is 0 Å². The van der Waals surface area contributed by atoms with Crippen molar-refractivity contribution in [2.24, 2.45) is 11.7 Å². The van der Waals surface area contributed by atoms with Crippen LogP contribution in [-0.4, -0.2) is 54.1 Å². The van der Waals surface area contributed by atoms with Gasteiger partial charge in [0.05, 0.1) is 0 Å². The second kappa shape index (κ2) is 5.10. The van der Waals surface area contributed by atoms with Crippen LogP contribution in [0.2, 0.25) is 0 Å². The molecule has 3 heteroatoms. The maximum absolute atomic E-state index is 6.12. The van der Waals surface area contributed by atoms with Crippen molar-refractivity contribution in [1.29, 1.82) is 0 Å². The number of hydrogen-bond donors (Lipinski definition) is 1. The fourth-order valence-corrected chi connectivity index (χ4v) is 3.73. The number of piperazine rings is 1. The molecule has 3 rings (SSSR count). The number of hydrogen-bond acceptors (Lipinski definition) is 3. The van der Waals surface area contributed by atoms with Crippen molar-refractivity contribution in [2.45, 2.75) is 57.0 Å². The molecule has 3 aliphatic rings. The first kappa shape index (κ1) is 12.9. The van der Waals surface area contributed by atoms with Crippen LogP contribution in [0.4, 0.5) is 0 Å². The molecule has 0 spiro atoms. The molecule has 18 heavy (non-hydrogen) atoms. The molecule has 0 aromatic heterocycles. The molecule has 1 aliphatic heterocycles. The predicted octanol–water partition coefficient (Wildman–Crippen LogP) is 1.67. The minimum atomic E-state index is 0.265. The Kier molecular flexibility index (Phi) is 3.65. The van der Waals surface area contributed by atoms with Gasteiger partial charge in [-0.05, 0) is 32.1 Å². The minimum Gasteiger partial charge on any atom is -0.329 e. The molecule has 0 radical (unpaired) electrons. The van der Waals surface area contributed by atoms with Crippen LogP contribution in [0.1, 0.15) is 45.4 Å². The highest BCUT2D eigenvalue weighted by molar-refractivity contribution is 4.95. The van der Waals surface area contributed by atoms with E-state index in [1.165, 1.54) is 64.7 Å². The lowest BCUT2D eigenvalue weighted by Crippen LogP contribution is -2.59. The zero-order valence-corrected chi connectivity index (χ0v) is 11.9. The molecule has 1 atom stereocenters. The van der Waals surface area contributed by atoms with Gasteiger partial charge in [-0.2, -0.15) is 0 Å². The van der Waals surface area contributed by atoms with Crippen molar-refractivity contribution in [3.63, 3.8) is 0 Å². The number of rotatable bonds is 5. The van der Waals surface area contributed by atoms with Gasteiger partial charge in [-0.25, -0.2) is 0 Å². The van der Waals surface area contributed by atoms with Gasteiger partial charge in [0, 0.05) is 44.3 Å². The van der Waals surface area contributed by atoms with Gasteiger partial charge in [0.2, 0.25) is 0 Å². The average molecular weight is 251 g/mol. The minimum absolute atomic E-state index is 0.265. The van der Waals surface area contributed by atoms with E-state index in [0.717, 1.165) is 18.5 Å². The van der Waals surface area contributed by atoms with Crippen LogP contribution in [0.25, 0.3) is 0 Å². The quantitative estimate of drug-likeness (QED) is 0.807. The third-order valence-electron chi connectivity index (χ3n) is 5.53. The Morgan fingerprint density at radius 2 is 1.72 bits per heavy atom. The van der Waals surface area contributed by atoms with E-state index >= 15 is 0 Å². The fraction of sp³-hybridized carbons (Fsp3) is 1.00. The summed E-state index contributed by atoms with van der Waals surface area (Å²) in [6, 6.07) is 0.933. The first-order chi connectivity index (χ1) is 8.71. The summed E-state index contributed by atoms with van der Waals surface area (Å²) in [5.41, 5.74) is 6.38. The van der Waals surface area contributed by atoms with Crippen molar-refractivity contribution in [3.05, 3.63) is 0 Å². The van der Waals surface area contributed by atoms with Gasteiger partial charge in [-0.3, -0.25) is 9.80 Å². The third-order valence-corrected chi connectivity index (χ3v) is 5.53. The SMILES string of the molecule is CC(CN)(CC1CCC1)N1CCN(C2CC2)CC1. The Morgan fingerprint density at radius 3 is 2.17 bits per heavy atom. The van der Waals surface area contributed by atoms with Crippen LogP contribution in [0, 0.1) is 5.92 Å². The molecule has 3 nitrogen and oxygen atoms in total. The van der Waals surface area contributed by atoms with E-state index in [0.29, 0.717) is 0 Å². The van der Waals surface area contributed by atoms with Crippen LogP contribution >= 0.6 is 0 Å². The molecule has 1 unspecified atom stereocenters. The van der Waals surface area contributed by atoms with E-state index in [9.17, 15) is 0 Å². The van der Waals surface area contributed by atoms with Crippen LogP contribution in [-0.2, 0) is 0 Å². The Labute approximate surface area is 112 Å². The monoisotopic (exact) mass is 251 g/mol. The summed E-state index contributed by atoms with van der Waals surface area (Å²) >= 11 is 0. The highest BCUT2D eigenvalue weighted by Crippen LogP contribution is 2.36. The highest BCUT2D eigenvalue weighted by Gasteiger charge is 2.38.